The van der Waals surface area contributed by atoms with Crippen LogP contribution in [-0.4, -0.2) is 37.6 Å². The van der Waals surface area contributed by atoms with Crippen LogP contribution in [0.15, 0.2) is 30.3 Å². The summed E-state index contributed by atoms with van der Waals surface area (Å²) in [4.78, 5) is 2.44. The van der Waals surface area contributed by atoms with E-state index in [9.17, 15) is 0 Å². The minimum absolute atomic E-state index is 0.136. The maximum Gasteiger partial charge on any atom is 0.0424 e. The van der Waals surface area contributed by atoms with Crippen molar-refractivity contribution < 1.29 is 0 Å². The van der Waals surface area contributed by atoms with Gasteiger partial charge in [-0.3, -0.25) is 4.90 Å². The van der Waals surface area contributed by atoms with E-state index in [1.807, 2.05) is 13.1 Å². The Morgan fingerprint density at radius 3 is 2.81 bits per heavy atom. The first-order valence-corrected chi connectivity index (χ1v) is 5.99. The van der Waals surface area contributed by atoms with Crippen LogP contribution in [0.5, 0.6) is 0 Å². The molecule has 1 saturated heterocycles. The number of likely N-dealkylation sites (tertiary alicyclic amines) is 1. The topological polar surface area (TPSA) is 41.3 Å². The molecule has 0 bridgehead atoms. The molecule has 2 rings (SSSR count). The monoisotopic (exact) mass is 219 g/mol. The molecule has 0 aliphatic carbocycles. The Bertz CT molecular complexity index is 312. The van der Waals surface area contributed by atoms with Gasteiger partial charge in [-0.05, 0) is 25.6 Å². The summed E-state index contributed by atoms with van der Waals surface area (Å²) < 4.78 is 0. The van der Waals surface area contributed by atoms with Gasteiger partial charge in [-0.2, -0.15) is 0 Å². The second kappa shape index (κ2) is 5.43. The van der Waals surface area contributed by atoms with Gasteiger partial charge in [0.2, 0.25) is 0 Å². The number of nitrogens with one attached hydrogen (secondary N) is 1. The highest BCUT2D eigenvalue weighted by Crippen LogP contribution is 2.15. The maximum absolute atomic E-state index is 6.20. The van der Waals surface area contributed by atoms with E-state index in [4.69, 9.17) is 5.73 Å². The maximum atomic E-state index is 6.20. The Morgan fingerprint density at radius 2 is 2.19 bits per heavy atom. The van der Waals surface area contributed by atoms with Crippen LogP contribution in [-0.2, 0) is 0 Å². The molecular formula is C13H21N3. The van der Waals surface area contributed by atoms with Crippen LogP contribution in [0.4, 0.5) is 0 Å². The van der Waals surface area contributed by atoms with E-state index in [1.165, 1.54) is 12.0 Å². The van der Waals surface area contributed by atoms with Crippen molar-refractivity contribution in [1.29, 1.82) is 0 Å². The predicted molar refractivity (Wildman–Crippen MR) is 67.3 cm³/mol. The van der Waals surface area contributed by atoms with Crippen molar-refractivity contribution in [1.82, 2.24) is 10.2 Å². The largest absolute Gasteiger partial charge is 0.323 e. The SMILES string of the molecule is CN[C@H]1CCN(C[C@@H](N)c2ccccc2)C1. The number of nitrogens with zero attached hydrogens (tertiary/aromatic N) is 1. The molecule has 3 heteroatoms. The smallest absolute Gasteiger partial charge is 0.0424 e. The van der Waals surface area contributed by atoms with Crippen LogP contribution >= 0.6 is 0 Å². The number of hydrogen-bond donors (Lipinski definition) is 2. The van der Waals surface area contributed by atoms with Crippen molar-refractivity contribution >= 4 is 0 Å². The van der Waals surface area contributed by atoms with Crippen LogP contribution in [0.1, 0.15) is 18.0 Å². The molecule has 1 aromatic carbocycles. The lowest BCUT2D eigenvalue weighted by Crippen LogP contribution is -2.34. The fourth-order valence-corrected chi connectivity index (χ4v) is 2.32. The lowest BCUT2D eigenvalue weighted by atomic mass is 10.1. The van der Waals surface area contributed by atoms with Crippen molar-refractivity contribution in [2.45, 2.75) is 18.5 Å². The molecule has 3 N–H and O–H groups in total. The van der Waals surface area contributed by atoms with Crippen molar-refractivity contribution in [2.24, 2.45) is 5.73 Å². The first-order chi connectivity index (χ1) is 7.79. The van der Waals surface area contributed by atoms with E-state index < -0.39 is 0 Å². The Hall–Kier alpha value is -0.900. The highest BCUT2D eigenvalue weighted by molar-refractivity contribution is 5.18. The first kappa shape index (κ1) is 11.6. The summed E-state index contributed by atoms with van der Waals surface area (Å²) in [5, 5.41) is 3.32. The quantitative estimate of drug-likeness (QED) is 0.793. The minimum Gasteiger partial charge on any atom is -0.323 e. The summed E-state index contributed by atoms with van der Waals surface area (Å²) in [7, 11) is 2.03. The van der Waals surface area contributed by atoms with Gasteiger partial charge in [0.05, 0.1) is 0 Å². The Morgan fingerprint density at radius 1 is 1.44 bits per heavy atom. The van der Waals surface area contributed by atoms with Crippen molar-refractivity contribution in [3.8, 4) is 0 Å². The van der Waals surface area contributed by atoms with Gasteiger partial charge in [0, 0.05) is 25.2 Å². The summed E-state index contributed by atoms with van der Waals surface area (Å²) in [6, 6.07) is 11.1. The molecule has 0 spiro atoms. The van der Waals surface area contributed by atoms with Crippen LogP contribution in [0.2, 0.25) is 0 Å². The number of likely N-dealkylation sites (N-methyl/N-ethyl adjacent to an activating group) is 1. The Balaban J connectivity index is 1.86. The summed E-state index contributed by atoms with van der Waals surface area (Å²) in [5.41, 5.74) is 7.43. The molecule has 1 aliphatic heterocycles. The summed E-state index contributed by atoms with van der Waals surface area (Å²) in [5.74, 6) is 0. The molecule has 16 heavy (non-hydrogen) atoms. The lowest BCUT2D eigenvalue weighted by Gasteiger charge is -2.21. The van der Waals surface area contributed by atoms with E-state index in [0.717, 1.165) is 19.6 Å². The molecule has 0 aromatic heterocycles. The Labute approximate surface area is 97.6 Å². The van der Waals surface area contributed by atoms with Crippen LogP contribution in [0, 0.1) is 0 Å². The second-order valence-electron chi connectivity index (χ2n) is 4.55. The molecule has 0 radical (unpaired) electrons. The third-order valence-electron chi connectivity index (χ3n) is 3.36. The van der Waals surface area contributed by atoms with Crippen molar-refractivity contribution in [3.63, 3.8) is 0 Å². The van der Waals surface area contributed by atoms with Gasteiger partial charge in [0.15, 0.2) is 0 Å². The van der Waals surface area contributed by atoms with E-state index in [-0.39, 0.29) is 6.04 Å². The first-order valence-electron chi connectivity index (χ1n) is 5.99. The fourth-order valence-electron chi connectivity index (χ4n) is 2.32. The highest BCUT2D eigenvalue weighted by atomic mass is 15.2. The average Bonchev–Trinajstić information content (AvgIpc) is 2.78. The van der Waals surface area contributed by atoms with E-state index in [1.54, 1.807) is 0 Å². The predicted octanol–water partition coefficient (Wildman–Crippen LogP) is 0.980. The minimum atomic E-state index is 0.136. The molecule has 1 fully saturated rings. The lowest BCUT2D eigenvalue weighted by molar-refractivity contribution is 0.308. The Kier molecular flexibility index (Phi) is 3.93. The van der Waals surface area contributed by atoms with Gasteiger partial charge in [-0.1, -0.05) is 30.3 Å². The van der Waals surface area contributed by atoms with Gasteiger partial charge < -0.3 is 11.1 Å². The standard InChI is InChI=1S/C13H21N3/c1-15-12-7-8-16(9-12)10-13(14)11-5-3-2-4-6-11/h2-6,12-13,15H,7-10,14H2,1H3/t12-,13+/m0/s1. The summed E-state index contributed by atoms with van der Waals surface area (Å²) >= 11 is 0. The van der Waals surface area contributed by atoms with Gasteiger partial charge in [0.1, 0.15) is 0 Å². The average molecular weight is 219 g/mol. The molecule has 1 aliphatic rings. The van der Waals surface area contributed by atoms with Gasteiger partial charge in [-0.15, -0.1) is 0 Å². The van der Waals surface area contributed by atoms with Crippen LogP contribution in [0.3, 0.4) is 0 Å². The molecule has 1 heterocycles. The third-order valence-corrected chi connectivity index (χ3v) is 3.36. The molecular weight excluding hydrogens is 198 g/mol. The van der Waals surface area contributed by atoms with E-state index >= 15 is 0 Å². The number of benzene rings is 1. The molecule has 88 valence electrons. The fraction of sp³-hybridized carbons (Fsp3) is 0.538. The summed E-state index contributed by atoms with van der Waals surface area (Å²) in [6.07, 6.45) is 1.23. The molecule has 0 amide bonds. The molecule has 2 atom stereocenters. The highest BCUT2D eigenvalue weighted by Gasteiger charge is 2.22. The van der Waals surface area contributed by atoms with Crippen molar-refractivity contribution in [3.05, 3.63) is 35.9 Å². The van der Waals surface area contributed by atoms with E-state index in [0.29, 0.717) is 6.04 Å². The van der Waals surface area contributed by atoms with E-state index in [2.05, 4.69) is 34.5 Å². The molecule has 3 nitrogen and oxygen atoms in total. The molecule has 0 unspecified atom stereocenters. The van der Waals surface area contributed by atoms with Gasteiger partial charge in [0.25, 0.3) is 0 Å². The van der Waals surface area contributed by atoms with Crippen LogP contribution < -0.4 is 11.1 Å². The second-order valence-corrected chi connectivity index (χ2v) is 4.55. The molecule has 1 aromatic rings. The zero-order valence-corrected chi connectivity index (χ0v) is 9.89. The zero-order chi connectivity index (χ0) is 11.4. The third kappa shape index (κ3) is 2.82. The van der Waals surface area contributed by atoms with Crippen molar-refractivity contribution in [2.75, 3.05) is 26.7 Å². The zero-order valence-electron chi connectivity index (χ0n) is 9.89. The number of hydrogen-bond acceptors (Lipinski definition) is 3. The number of rotatable bonds is 4. The van der Waals surface area contributed by atoms with Gasteiger partial charge >= 0.3 is 0 Å². The summed E-state index contributed by atoms with van der Waals surface area (Å²) in [6.45, 7) is 3.24. The van der Waals surface area contributed by atoms with Crippen LogP contribution in [0.25, 0.3) is 0 Å². The van der Waals surface area contributed by atoms with Gasteiger partial charge in [-0.25, -0.2) is 0 Å². The normalized spacial score (nSPS) is 23.5. The molecule has 0 saturated carbocycles. The number of nitrogens with two attached hydrogens (primary N) is 1.